The summed E-state index contributed by atoms with van der Waals surface area (Å²) in [6.45, 7) is 7.65. The molecule has 0 aliphatic rings. The molecule has 0 fully saturated rings. The Labute approximate surface area is 126 Å². The van der Waals surface area contributed by atoms with Gasteiger partial charge < -0.3 is 20.7 Å². The second-order valence-corrected chi connectivity index (χ2v) is 5.41. The van der Waals surface area contributed by atoms with Gasteiger partial charge in [-0.3, -0.25) is 4.79 Å². The first kappa shape index (κ1) is 17.0. The Bertz CT molecular complexity index is 498. The lowest BCUT2D eigenvalue weighted by Crippen LogP contribution is -2.27. The highest BCUT2D eigenvalue weighted by Gasteiger charge is 2.08. The van der Waals surface area contributed by atoms with E-state index in [0.717, 1.165) is 18.5 Å². The SMILES string of the molecule is C=C(C)COc1ccc(C(=O)NCCCN(C)C)cc1N. The van der Waals surface area contributed by atoms with Crippen LogP contribution >= 0.6 is 0 Å². The van der Waals surface area contributed by atoms with Crippen LogP contribution in [-0.2, 0) is 0 Å². The largest absolute Gasteiger partial charge is 0.487 e. The van der Waals surface area contributed by atoms with Crippen molar-refractivity contribution in [2.24, 2.45) is 0 Å². The fraction of sp³-hybridized carbons (Fsp3) is 0.438. The van der Waals surface area contributed by atoms with Crippen molar-refractivity contribution in [1.29, 1.82) is 0 Å². The minimum absolute atomic E-state index is 0.119. The molecule has 116 valence electrons. The Morgan fingerprint density at radius 2 is 2.14 bits per heavy atom. The Balaban J connectivity index is 2.53. The van der Waals surface area contributed by atoms with Crippen LogP contribution in [0, 0.1) is 0 Å². The van der Waals surface area contributed by atoms with Gasteiger partial charge >= 0.3 is 0 Å². The smallest absolute Gasteiger partial charge is 0.251 e. The summed E-state index contributed by atoms with van der Waals surface area (Å²) >= 11 is 0. The van der Waals surface area contributed by atoms with Crippen LogP contribution in [0.5, 0.6) is 5.75 Å². The van der Waals surface area contributed by atoms with Gasteiger partial charge in [-0.25, -0.2) is 0 Å². The number of carbonyl (C=O) groups excluding carboxylic acids is 1. The van der Waals surface area contributed by atoms with E-state index in [1.165, 1.54) is 0 Å². The van der Waals surface area contributed by atoms with Gasteiger partial charge in [0.05, 0.1) is 5.69 Å². The first-order valence-corrected chi connectivity index (χ1v) is 6.99. The monoisotopic (exact) mass is 291 g/mol. The molecular weight excluding hydrogens is 266 g/mol. The van der Waals surface area contributed by atoms with Crippen LogP contribution in [-0.4, -0.2) is 44.6 Å². The van der Waals surface area contributed by atoms with E-state index >= 15 is 0 Å². The zero-order valence-corrected chi connectivity index (χ0v) is 13.1. The molecule has 0 bridgehead atoms. The molecule has 5 heteroatoms. The van der Waals surface area contributed by atoms with Gasteiger partial charge in [-0.1, -0.05) is 6.58 Å². The zero-order chi connectivity index (χ0) is 15.8. The third-order valence-electron chi connectivity index (χ3n) is 2.81. The molecule has 0 aromatic heterocycles. The number of rotatable bonds is 8. The highest BCUT2D eigenvalue weighted by atomic mass is 16.5. The van der Waals surface area contributed by atoms with Crippen molar-refractivity contribution in [2.45, 2.75) is 13.3 Å². The molecule has 0 spiro atoms. The van der Waals surface area contributed by atoms with Gasteiger partial charge in [-0.05, 0) is 57.8 Å². The first-order valence-electron chi connectivity index (χ1n) is 6.99. The number of nitrogens with two attached hydrogens (primary N) is 1. The molecule has 3 N–H and O–H groups in total. The van der Waals surface area contributed by atoms with Gasteiger partial charge in [0.2, 0.25) is 0 Å². The fourth-order valence-corrected chi connectivity index (χ4v) is 1.72. The van der Waals surface area contributed by atoms with Crippen molar-refractivity contribution in [3.8, 4) is 5.75 Å². The molecular formula is C16H25N3O2. The predicted octanol–water partition coefficient (Wildman–Crippen LogP) is 1.91. The van der Waals surface area contributed by atoms with Crippen molar-refractivity contribution in [3.05, 3.63) is 35.9 Å². The number of benzene rings is 1. The molecule has 0 aliphatic heterocycles. The lowest BCUT2D eigenvalue weighted by molar-refractivity contribution is 0.0952. The number of nitrogens with one attached hydrogen (secondary N) is 1. The summed E-state index contributed by atoms with van der Waals surface area (Å²) in [5.41, 5.74) is 7.81. The van der Waals surface area contributed by atoms with Gasteiger partial charge in [0.1, 0.15) is 12.4 Å². The molecule has 1 amide bonds. The predicted molar refractivity (Wildman–Crippen MR) is 86.7 cm³/mol. The third kappa shape index (κ3) is 6.31. The number of nitrogens with zero attached hydrogens (tertiary/aromatic N) is 1. The molecule has 1 aromatic rings. The van der Waals surface area contributed by atoms with Crippen LogP contribution in [0.4, 0.5) is 5.69 Å². The molecule has 1 aromatic carbocycles. The van der Waals surface area contributed by atoms with Gasteiger partial charge in [0, 0.05) is 12.1 Å². The number of nitrogen functional groups attached to an aromatic ring is 1. The second-order valence-electron chi connectivity index (χ2n) is 5.41. The average molecular weight is 291 g/mol. The molecule has 0 heterocycles. The third-order valence-corrected chi connectivity index (χ3v) is 2.81. The zero-order valence-electron chi connectivity index (χ0n) is 13.1. The summed E-state index contributed by atoms with van der Waals surface area (Å²) in [7, 11) is 4.01. The lowest BCUT2D eigenvalue weighted by atomic mass is 10.1. The number of carbonyl (C=O) groups is 1. The van der Waals surface area contributed by atoms with E-state index in [4.69, 9.17) is 10.5 Å². The molecule has 0 saturated carbocycles. The maximum Gasteiger partial charge on any atom is 0.251 e. The molecule has 0 aliphatic carbocycles. The summed E-state index contributed by atoms with van der Waals surface area (Å²) in [5.74, 6) is 0.453. The fourth-order valence-electron chi connectivity index (χ4n) is 1.72. The number of hydrogen-bond donors (Lipinski definition) is 2. The van der Waals surface area contributed by atoms with Crippen LogP contribution in [0.15, 0.2) is 30.4 Å². The molecule has 1 rings (SSSR count). The van der Waals surface area contributed by atoms with Crippen molar-refractivity contribution in [3.63, 3.8) is 0 Å². The van der Waals surface area contributed by atoms with Gasteiger partial charge in [-0.15, -0.1) is 0 Å². The van der Waals surface area contributed by atoms with E-state index in [0.29, 0.717) is 30.2 Å². The van der Waals surface area contributed by atoms with Crippen LogP contribution in [0.2, 0.25) is 0 Å². The molecule has 0 radical (unpaired) electrons. The van der Waals surface area contributed by atoms with Crippen LogP contribution in [0.3, 0.4) is 0 Å². The van der Waals surface area contributed by atoms with Gasteiger partial charge in [-0.2, -0.15) is 0 Å². The first-order chi connectivity index (χ1) is 9.90. The van der Waals surface area contributed by atoms with E-state index in [1.807, 2.05) is 21.0 Å². The van der Waals surface area contributed by atoms with E-state index in [-0.39, 0.29) is 5.91 Å². The van der Waals surface area contributed by atoms with Crippen LogP contribution in [0.1, 0.15) is 23.7 Å². The topological polar surface area (TPSA) is 67.6 Å². The standard InChI is InChI=1S/C16H25N3O2/c1-12(2)11-21-15-7-6-13(10-14(15)17)16(20)18-8-5-9-19(3)4/h6-7,10H,1,5,8-9,11,17H2,2-4H3,(H,18,20). The lowest BCUT2D eigenvalue weighted by Gasteiger charge is -2.12. The summed E-state index contributed by atoms with van der Waals surface area (Å²) < 4.78 is 5.50. The minimum Gasteiger partial charge on any atom is -0.487 e. The molecule has 21 heavy (non-hydrogen) atoms. The van der Waals surface area contributed by atoms with Crippen molar-refractivity contribution < 1.29 is 9.53 Å². The molecule has 0 saturated heterocycles. The van der Waals surface area contributed by atoms with Crippen molar-refractivity contribution in [2.75, 3.05) is 39.5 Å². The minimum atomic E-state index is -0.119. The highest BCUT2D eigenvalue weighted by molar-refractivity contribution is 5.95. The van der Waals surface area contributed by atoms with Crippen LogP contribution in [0.25, 0.3) is 0 Å². The van der Waals surface area contributed by atoms with Crippen molar-refractivity contribution >= 4 is 11.6 Å². The quantitative estimate of drug-likeness (QED) is 0.436. The van der Waals surface area contributed by atoms with Gasteiger partial charge in [0.15, 0.2) is 0 Å². The maximum absolute atomic E-state index is 12.0. The van der Waals surface area contributed by atoms with E-state index in [9.17, 15) is 4.79 Å². The Kier molecular flexibility index (Phi) is 6.75. The van der Waals surface area contributed by atoms with Gasteiger partial charge in [0.25, 0.3) is 5.91 Å². The second kappa shape index (κ2) is 8.32. The molecule has 0 unspecified atom stereocenters. The maximum atomic E-state index is 12.0. The van der Waals surface area contributed by atoms with E-state index in [1.54, 1.807) is 18.2 Å². The van der Waals surface area contributed by atoms with E-state index < -0.39 is 0 Å². The molecule has 0 atom stereocenters. The number of hydrogen-bond acceptors (Lipinski definition) is 4. The highest BCUT2D eigenvalue weighted by Crippen LogP contribution is 2.22. The molecule has 5 nitrogen and oxygen atoms in total. The number of ether oxygens (including phenoxy) is 1. The normalized spacial score (nSPS) is 10.5. The number of amides is 1. The summed E-state index contributed by atoms with van der Waals surface area (Å²) in [6, 6.07) is 5.06. The Hall–Kier alpha value is -2.01. The Morgan fingerprint density at radius 3 is 2.71 bits per heavy atom. The summed E-state index contributed by atoms with van der Waals surface area (Å²) in [6.07, 6.45) is 0.911. The summed E-state index contributed by atoms with van der Waals surface area (Å²) in [5, 5.41) is 2.88. The van der Waals surface area contributed by atoms with Crippen LogP contribution < -0.4 is 15.8 Å². The van der Waals surface area contributed by atoms with E-state index in [2.05, 4.69) is 16.8 Å². The van der Waals surface area contributed by atoms with Crippen molar-refractivity contribution in [1.82, 2.24) is 10.2 Å². The average Bonchev–Trinajstić information content (AvgIpc) is 2.41. The number of anilines is 1. The summed E-state index contributed by atoms with van der Waals surface area (Å²) in [4.78, 5) is 14.1. The Morgan fingerprint density at radius 1 is 1.43 bits per heavy atom.